The number of allylic oxidation sites excluding steroid dienone is 1. The molecular weight excluding hydrogens is 1200 g/mol. The highest BCUT2D eigenvalue weighted by atomic mass is 16.8. The molecule has 93 heavy (non-hydrogen) atoms. The van der Waals surface area contributed by atoms with E-state index in [2.05, 4.69) is 24.5 Å². The minimum Gasteiger partial charge on any atom is -0.477 e. The molecular formula is C70H130N2O21. The van der Waals surface area contributed by atoms with Crippen molar-refractivity contribution < 1.29 is 104 Å². The van der Waals surface area contributed by atoms with Crippen molar-refractivity contribution in [3.63, 3.8) is 0 Å². The molecule has 23 nitrogen and oxygen atoms in total. The Hall–Kier alpha value is -2.53. The van der Waals surface area contributed by atoms with E-state index >= 15 is 0 Å². The number of nitrogens with one attached hydrogen (secondary N) is 2. The monoisotopic (exact) mass is 1330 g/mol. The van der Waals surface area contributed by atoms with E-state index in [1.54, 1.807) is 6.08 Å². The molecule has 23 heteroatoms. The Labute approximate surface area is 556 Å². The maximum atomic E-state index is 13.5. The van der Waals surface area contributed by atoms with Crippen molar-refractivity contribution in [3.05, 3.63) is 12.2 Å². The van der Waals surface area contributed by atoms with Gasteiger partial charge >= 0.3 is 5.97 Å². The Bertz CT molecular complexity index is 1930. The van der Waals surface area contributed by atoms with Gasteiger partial charge in [-0.25, -0.2) is 4.79 Å². The van der Waals surface area contributed by atoms with Crippen LogP contribution in [0, 0.1) is 0 Å². The molecule has 3 saturated heterocycles. The third-order valence-corrected chi connectivity index (χ3v) is 18.7. The van der Waals surface area contributed by atoms with Gasteiger partial charge in [0, 0.05) is 19.8 Å². The molecule has 0 aromatic rings. The number of aliphatic hydroxyl groups is 11. The predicted molar refractivity (Wildman–Crippen MR) is 352 cm³/mol. The van der Waals surface area contributed by atoms with Crippen molar-refractivity contribution in [3.8, 4) is 0 Å². The summed E-state index contributed by atoms with van der Waals surface area (Å²) in [4.78, 5) is 38.6. The van der Waals surface area contributed by atoms with Gasteiger partial charge in [-0.2, -0.15) is 0 Å². The fraction of sp³-hybridized carbons (Fsp3) is 0.929. The Morgan fingerprint density at radius 2 is 1.00 bits per heavy atom. The molecule has 0 radical (unpaired) electrons. The number of carbonyl (C=O) groups excluding carboxylic acids is 2. The maximum absolute atomic E-state index is 13.5. The van der Waals surface area contributed by atoms with Crippen LogP contribution in [0.2, 0.25) is 0 Å². The quantitative estimate of drug-likeness (QED) is 0.0207. The fourth-order valence-electron chi connectivity index (χ4n) is 12.9. The number of aliphatic carboxylic acids is 1. The number of carbonyl (C=O) groups is 3. The first-order chi connectivity index (χ1) is 44.9. The lowest BCUT2D eigenvalue weighted by Crippen LogP contribution is -2.70. The molecule has 3 aliphatic heterocycles. The molecule has 0 bridgehead atoms. The number of amides is 2. The first kappa shape index (κ1) is 84.7. The van der Waals surface area contributed by atoms with Crippen LogP contribution in [0.15, 0.2) is 12.2 Å². The minimum atomic E-state index is -3.08. The highest BCUT2D eigenvalue weighted by molar-refractivity contribution is 5.77. The number of carboxylic acids is 1. The number of hydrogen-bond acceptors (Lipinski definition) is 20. The molecule has 3 aliphatic rings. The van der Waals surface area contributed by atoms with Gasteiger partial charge in [-0.3, -0.25) is 9.59 Å². The van der Waals surface area contributed by atoms with E-state index in [1.807, 2.05) is 6.08 Å². The van der Waals surface area contributed by atoms with Crippen LogP contribution in [0.4, 0.5) is 0 Å². The summed E-state index contributed by atoms with van der Waals surface area (Å²) in [5.74, 6) is -6.13. The van der Waals surface area contributed by atoms with Gasteiger partial charge in [0.25, 0.3) is 5.79 Å². The molecule has 0 aromatic heterocycles. The summed E-state index contributed by atoms with van der Waals surface area (Å²) in [7, 11) is 0. The van der Waals surface area contributed by atoms with E-state index < -0.39 is 155 Å². The molecule has 18 atom stereocenters. The zero-order valence-electron chi connectivity index (χ0n) is 57.1. The first-order valence-corrected chi connectivity index (χ1v) is 36.6. The molecule has 3 rings (SSSR count). The van der Waals surface area contributed by atoms with Crippen LogP contribution >= 0.6 is 0 Å². The van der Waals surface area contributed by atoms with Crippen molar-refractivity contribution in [2.45, 2.75) is 387 Å². The van der Waals surface area contributed by atoms with E-state index in [-0.39, 0.29) is 12.3 Å². The molecule has 0 spiro atoms. The number of hydrogen-bond donors (Lipinski definition) is 14. The average Bonchev–Trinajstić information content (AvgIpc) is 0.765. The SMILES string of the molecule is CCCCCCCCCCCCCC/C=C/C(O)C(COC1OC(CO)C(OC2OC(CO)C(O)C(OC3(C(=O)O)CC(O)C(NC(C)=O)C(C(O)C(O)CO)O3)C2O)C(O)C1O)NC(=O)CCCCCCCCCCCCCCCCCCCCCCCCCCC. The Morgan fingerprint density at radius 1 is 0.559 bits per heavy atom. The normalized spacial score (nSPS) is 28.1. The van der Waals surface area contributed by atoms with E-state index in [0.717, 1.165) is 51.9 Å². The van der Waals surface area contributed by atoms with Gasteiger partial charge in [0.1, 0.15) is 67.1 Å². The number of unbranched alkanes of at least 4 members (excludes halogenated alkanes) is 36. The van der Waals surface area contributed by atoms with Crippen molar-refractivity contribution in [2.24, 2.45) is 0 Å². The Kier molecular flexibility index (Phi) is 46.2. The summed E-state index contributed by atoms with van der Waals surface area (Å²) >= 11 is 0. The molecule has 18 unspecified atom stereocenters. The number of rotatable bonds is 56. The summed E-state index contributed by atoms with van der Waals surface area (Å²) in [5.41, 5.74) is 0. The van der Waals surface area contributed by atoms with Gasteiger partial charge in [-0.05, 0) is 19.3 Å². The summed E-state index contributed by atoms with van der Waals surface area (Å²) in [6, 6.07) is -2.61. The van der Waals surface area contributed by atoms with Gasteiger partial charge in [0.2, 0.25) is 11.8 Å². The van der Waals surface area contributed by atoms with Crippen LogP contribution in [-0.2, 0) is 42.8 Å². The van der Waals surface area contributed by atoms with E-state index in [9.17, 15) is 75.7 Å². The average molecular weight is 1340 g/mol. The molecule has 546 valence electrons. The summed E-state index contributed by atoms with van der Waals surface area (Å²) in [6.45, 7) is 2.16. The third-order valence-electron chi connectivity index (χ3n) is 18.7. The zero-order chi connectivity index (χ0) is 68.2. The lowest BCUT2D eigenvalue weighted by molar-refractivity contribution is -0.386. The van der Waals surface area contributed by atoms with Gasteiger partial charge in [-0.1, -0.05) is 251 Å². The predicted octanol–water partition coefficient (Wildman–Crippen LogP) is 7.46. The van der Waals surface area contributed by atoms with Crippen molar-refractivity contribution >= 4 is 17.8 Å². The lowest BCUT2D eigenvalue weighted by atomic mass is 9.88. The highest BCUT2D eigenvalue weighted by Gasteiger charge is 2.60. The van der Waals surface area contributed by atoms with Gasteiger partial charge in [0.15, 0.2) is 12.6 Å². The highest BCUT2D eigenvalue weighted by Crippen LogP contribution is 2.39. The zero-order valence-corrected chi connectivity index (χ0v) is 57.1. The number of carboxylic acid groups (broad SMARTS) is 1. The molecule has 0 saturated carbocycles. The van der Waals surface area contributed by atoms with Crippen LogP contribution in [0.3, 0.4) is 0 Å². The lowest BCUT2D eigenvalue weighted by Gasteiger charge is -2.50. The molecule has 0 aromatic carbocycles. The Morgan fingerprint density at radius 3 is 1.43 bits per heavy atom. The number of aliphatic hydroxyl groups excluding tert-OH is 11. The van der Waals surface area contributed by atoms with Crippen LogP contribution in [0.5, 0.6) is 0 Å². The van der Waals surface area contributed by atoms with Crippen molar-refractivity contribution in [1.82, 2.24) is 10.6 Å². The fourth-order valence-corrected chi connectivity index (χ4v) is 12.9. The first-order valence-electron chi connectivity index (χ1n) is 36.6. The van der Waals surface area contributed by atoms with Crippen molar-refractivity contribution in [2.75, 3.05) is 26.4 Å². The van der Waals surface area contributed by atoms with E-state index in [0.29, 0.717) is 12.8 Å². The van der Waals surface area contributed by atoms with E-state index in [4.69, 9.17) is 28.4 Å². The van der Waals surface area contributed by atoms with Crippen LogP contribution in [-0.4, -0.2) is 215 Å². The topological polar surface area (TPSA) is 373 Å². The van der Waals surface area contributed by atoms with Crippen molar-refractivity contribution in [1.29, 1.82) is 0 Å². The number of ether oxygens (including phenoxy) is 6. The second-order valence-corrected chi connectivity index (χ2v) is 26.8. The second-order valence-electron chi connectivity index (χ2n) is 26.8. The molecule has 0 aliphatic carbocycles. The largest absolute Gasteiger partial charge is 0.477 e. The molecule has 2 amide bonds. The molecule has 3 heterocycles. The smallest absolute Gasteiger partial charge is 0.364 e. The third kappa shape index (κ3) is 32.8. The molecule has 3 fully saturated rings. The van der Waals surface area contributed by atoms with Gasteiger partial charge < -0.3 is 100 Å². The van der Waals surface area contributed by atoms with Gasteiger partial charge in [-0.15, -0.1) is 0 Å². The van der Waals surface area contributed by atoms with Gasteiger partial charge in [0.05, 0.1) is 50.7 Å². The standard InChI is InChI=1S/C70H130N2O21/c1-4-6-8-10-12-14-16-18-20-21-22-23-24-25-26-27-28-29-30-32-34-36-38-40-42-44-57(80)72-51(52(77)43-41-39-37-35-33-31-19-17-15-13-11-9-7-5-2)49-88-67-62(84)61(83)64(56(48-75)90-67)91-68-63(85)66(60(82)55(47-74)89-68)93-70(69(86)87)45-53(78)58(71-50(3)76)65(92-70)59(81)54(79)46-73/h41,43,51-56,58-68,73-75,77-79,81-85H,4-40,42,44-49H2,1-3H3,(H,71,76)(H,72,80)(H,86,87)/b43-41+. The van der Waals surface area contributed by atoms with Crippen LogP contribution in [0.25, 0.3) is 0 Å². The van der Waals surface area contributed by atoms with Crippen LogP contribution in [0.1, 0.15) is 278 Å². The van der Waals surface area contributed by atoms with Crippen LogP contribution < -0.4 is 10.6 Å². The summed E-state index contributed by atoms with van der Waals surface area (Å²) < 4.78 is 34.8. The summed E-state index contributed by atoms with van der Waals surface area (Å²) in [5, 5.41) is 136. The maximum Gasteiger partial charge on any atom is 0.364 e. The van der Waals surface area contributed by atoms with E-state index in [1.165, 1.54) is 186 Å². The Balaban J connectivity index is 1.54. The minimum absolute atomic E-state index is 0.205. The summed E-state index contributed by atoms with van der Waals surface area (Å²) in [6.07, 6.45) is 21.2. The second kappa shape index (κ2) is 50.7. The molecule has 14 N–H and O–H groups in total.